The van der Waals surface area contributed by atoms with Gasteiger partial charge in [0, 0.05) is 30.8 Å². The quantitative estimate of drug-likeness (QED) is 0.753. The van der Waals surface area contributed by atoms with Crippen LogP contribution < -0.4 is 0 Å². The van der Waals surface area contributed by atoms with Gasteiger partial charge in [-0.3, -0.25) is 0 Å². The van der Waals surface area contributed by atoms with Crippen molar-refractivity contribution in [2.75, 3.05) is 13.6 Å². The molecule has 1 aliphatic heterocycles. The highest BCUT2D eigenvalue weighted by atomic mass is 19.1. The minimum atomic E-state index is -0.182. The maximum Gasteiger partial charge on any atom is 0.123 e. The van der Waals surface area contributed by atoms with Gasteiger partial charge in [-0.25, -0.2) is 4.39 Å². The van der Waals surface area contributed by atoms with Crippen LogP contribution in [-0.4, -0.2) is 23.4 Å². The SMILES string of the molecule is C=C1N(C)C(c2ccc(F)cc2)=C(C2CCCCC2)N1CCC. The Labute approximate surface area is 139 Å². The second kappa shape index (κ2) is 6.77. The van der Waals surface area contributed by atoms with E-state index in [1.165, 1.54) is 43.5 Å². The van der Waals surface area contributed by atoms with Crippen LogP contribution in [0.4, 0.5) is 4.39 Å². The molecule has 2 nitrogen and oxygen atoms in total. The largest absolute Gasteiger partial charge is 0.330 e. The molecule has 2 aliphatic rings. The van der Waals surface area contributed by atoms with Crippen LogP contribution in [0.3, 0.4) is 0 Å². The van der Waals surface area contributed by atoms with Crippen molar-refractivity contribution < 1.29 is 4.39 Å². The highest BCUT2D eigenvalue weighted by Gasteiger charge is 2.35. The summed E-state index contributed by atoms with van der Waals surface area (Å²) >= 11 is 0. The zero-order chi connectivity index (χ0) is 16.4. The van der Waals surface area contributed by atoms with E-state index in [2.05, 4.69) is 30.4 Å². The van der Waals surface area contributed by atoms with Gasteiger partial charge in [-0.1, -0.05) is 32.8 Å². The molecule has 1 heterocycles. The van der Waals surface area contributed by atoms with E-state index in [0.717, 1.165) is 24.4 Å². The molecule has 0 aromatic heterocycles. The van der Waals surface area contributed by atoms with Crippen molar-refractivity contribution in [3.05, 3.63) is 53.7 Å². The van der Waals surface area contributed by atoms with Gasteiger partial charge in [-0.05, 0) is 43.5 Å². The van der Waals surface area contributed by atoms with Crippen LogP contribution in [0.1, 0.15) is 51.0 Å². The van der Waals surface area contributed by atoms with Crippen LogP contribution in [0.5, 0.6) is 0 Å². The molecule has 0 atom stereocenters. The summed E-state index contributed by atoms with van der Waals surface area (Å²) in [6, 6.07) is 6.90. The molecule has 0 spiro atoms. The molecule has 0 N–H and O–H groups in total. The lowest BCUT2D eigenvalue weighted by atomic mass is 9.85. The molecule has 0 unspecified atom stereocenters. The molecule has 1 aliphatic carbocycles. The Morgan fingerprint density at radius 1 is 1.13 bits per heavy atom. The summed E-state index contributed by atoms with van der Waals surface area (Å²) in [4.78, 5) is 4.58. The minimum Gasteiger partial charge on any atom is -0.330 e. The average Bonchev–Trinajstić information content (AvgIpc) is 2.82. The maximum absolute atomic E-state index is 13.3. The van der Waals surface area contributed by atoms with Crippen molar-refractivity contribution in [2.24, 2.45) is 5.92 Å². The molecule has 124 valence electrons. The Balaban J connectivity index is 2.07. The summed E-state index contributed by atoms with van der Waals surface area (Å²) in [5, 5.41) is 0. The lowest BCUT2D eigenvalue weighted by Gasteiger charge is -2.30. The standard InChI is InChI=1S/C20H27FN2/c1-4-14-23-15(2)22(3)19(17-10-12-18(21)13-11-17)20(23)16-8-6-5-7-9-16/h10-13,16H,2,4-9,14H2,1,3H3. The van der Waals surface area contributed by atoms with Gasteiger partial charge < -0.3 is 9.80 Å². The summed E-state index contributed by atoms with van der Waals surface area (Å²) in [7, 11) is 2.08. The summed E-state index contributed by atoms with van der Waals surface area (Å²) in [6.45, 7) is 7.52. The second-order valence-corrected chi connectivity index (χ2v) is 6.70. The predicted octanol–water partition coefficient (Wildman–Crippen LogP) is 5.20. The molecule has 3 rings (SSSR count). The van der Waals surface area contributed by atoms with Crippen molar-refractivity contribution in [1.29, 1.82) is 0 Å². The minimum absolute atomic E-state index is 0.182. The van der Waals surface area contributed by atoms with E-state index < -0.39 is 0 Å². The molecule has 0 saturated heterocycles. The van der Waals surface area contributed by atoms with Gasteiger partial charge in [-0.15, -0.1) is 0 Å². The zero-order valence-corrected chi connectivity index (χ0v) is 14.3. The van der Waals surface area contributed by atoms with Gasteiger partial charge in [0.2, 0.25) is 0 Å². The lowest BCUT2D eigenvalue weighted by Crippen LogP contribution is -2.26. The molecule has 1 saturated carbocycles. The molecule has 1 aromatic carbocycles. The Hall–Kier alpha value is -1.77. The lowest BCUT2D eigenvalue weighted by molar-refractivity contribution is 0.303. The van der Waals surface area contributed by atoms with Gasteiger partial charge >= 0.3 is 0 Å². The normalized spacial score (nSPS) is 19.9. The molecule has 1 aromatic rings. The zero-order valence-electron chi connectivity index (χ0n) is 14.3. The van der Waals surface area contributed by atoms with Crippen LogP contribution in [0.15, 0.2) is 42.4 Å². The Morgan fingerprint density at radius 3 is 2.39 bits per heavy atom. The Bertz CT molecular complexity index is 597. The van der Waals surface area contributed by atoms with E-state index in [1.807, 2.05) is 12.1 Å². The molecule has 3 heteroatoms. The van der Waals surface area contributed by atoms with E-state index in [9.17, 15) is 4.39 Å². The Morgan fingerprint density at radius 2 is 1.78 bits per heavy atom. The predicted molar refractivity (Wildman–Crippen MR) is 93.8 cm³/mol. The van der Waals surface area contributed by atoms with Gasteiger partial charge in [0.15, 0.2) is 0 Å². The van der Waals surface area contributed by atoms with E-state index in [1.54, 1.807) is 12.1 Å². The van der Waals surface area contributed by atoms with E-state index >= 15 is 0 Å². The fourth-order valence-electron chi connectivity index (χ4n) is 3.96. The summed E-state index contributed by atoms with van der Waals surface area (Å²) in [5.41, 5.74) is 3.72. The van der Waals surface area contributed by atoms with Crippen molar-refractivity contribution >= 4 is 5.70 Å². The fourth-order valence-corrected chi connectivity index (χ4v) is 3.96. The molecule has 23 heavy (non-hydrogen) atoms. The second-order valence-electron chi connectivity index (χ2n) is 6.70. The van der Waals surface area contributed by atoms with Crippen LogP contribution >= 0.6 is 0 Å². The van der Waals surface area contributed by atoms with Crippen molar-refractivity contribution in [3.8, 4) is 0 Å². The molecular weight excluding hydrogens is 287 g/mol. The topological polar surface area (TPSA) is 6.48 Å². The molecule has 1 fully saturated rings. The number of hydrogen-bond acceptors (Lipinski definition) is 2. The molecule has 0 bridgehead atoms. The number of benzene rings is 1. The summed E-state index contributed by atoms with van der Waals surface area (Å²) in [5.74, 6) is 1.46. The highest BCUT2D eigenvalue weighted by Crippen LogP contribution is 2.44. The van der Waals surface area contributed by atoms with Crippen LogP contribution in [0.2, 0.25) is 0 Å². The first-order valence-electron chi connectivity index (χ1n) is 8.83. The fraction of sp³-hybridized carbons (Fsp3) is 0.500. The van der Waals surface area contributed by atoms with Gasteiger partial charge in [0.1, 0.15) is 11.6 Å². The van der Waals surface area contributed by atoms with Crippen molar-refractivity contribution in [3.63, 3.8) is 0 Å². The molecule has 0 radical (unpaired) electrons. The average molecular weight is 314 g/mol. The van der Waals surface area contributed by atoms with Crippen molar-refractivity contribution in [1.82, 2.24) is 9.80 Å². The Kier molecular flexibility index (Phi) is 4.74. The van der Waals surface area contributed by atoms with E-state index in [4.69, 9.17) is 0 Å². The van der Waals surface area contributed by atoms with Gasteiger partial charge in [-0.2, -0.15) is 0 Å². The van der Waals surface area contributed by atoms with Crippen molar-refractivity contribution in [2.45, 2.75) is 45.4 Å². The number of allylic oxidation sites excluding steroid dienone is 1. The molecular formula is C20H27FN2. The smallest absolute Gasteiger partial charge is 0.123 e. The number of hydrogen-bond donors (Lipinski definition) is 0. The van der Waals surface area contributed by atoms with Crippen LogP contribution in [-0.2, 0) is 0 Å². The number of halogens is 1. The van der Waals surface area contributed by atoms with E-state index in [0.29, 0.717) is 5.92 Å². The number of nitrogens with zero attached hydrogens (tertiary/aromatic N) is 2. The summed E-state index contributed by atoms with van der Waals surface area (Å²) in [6.07, 6.45) is 7.56. The highest BCUT2D eigenvalue weighted by molar-refractivity contribution is 5.71. The summed E-state index contributed by atoms with van der Waals surface area (Å²) < 4.78 is 13.3. The van der Waals surface area contributed by atoms with Crippen LogP contribution in [0, 0.1) is 11.7 Å². The van der Waals surface area contributed by atoms with Gasteiger partial charge in [0.25, 0.3) is 0 Å². The van der Waals surface area contributed by atoms with Crippen LogP contribution in [0.25, 0.3) is 5.70 Å². The first-order valence-corrected chi connectivity index (χ1v) is 8.83. The molecule has 0 amide bonds. The maximum atomic E-state index is 13.3. The van der Waals surface area contributed by atoms with E-state index in [-0.39, 0.29) is 5.82 Å². The third kappa shape index (κ3) is 3.01. The third-order valence-electron chi connectivity index (χ3n) is 5.12. The number of rotatable bonds is 4. The third-order valence-corrected chi connectivity index (χ3v) is 5.12. The first-order chi connectivity index (χ1) is 11.1. The van der Waals surface area contributed by atoms with Gasteiger partial charge in [0.05, 0.1) is 5.70 Å². The monoisotopic (exact) mass is 314 g/mol. The first kappa shape index (κ1) is 16.1.